The normalized spacial score (nSPS) is 16.0. The highest BCUT2D eigenvalue weighted by atomic mass is 16.2. The number of carbonyl (C=O) groups excluding carboxylic acids is 1. The van der Waals surface area contributed by atoms with Gasteiger partial charge in [-0.1, -0.05) is 6.92 Å². The first-order valence-corrected chi connectivity index (χ1v) is 3.63. The molecule has 3 N–H and O–H groups in total. The summed E-state index contributed by atoms with van der Waals surface area (Å²) in [5, 5.41) is 2.77. The van der Waals surface area contributed by atoms with Crippen LogP contribution in [0.5, 0.6) is 0 Å². The van der Waals surface area contributed by atoms with Gasteiger partial charge >= 0.3 is 0 Å². The third kappa shape index (κ3) is 3.45. The van der Waals surface area contributed by atoms with Crippen LogP contribution in [-0.2, 0) is 4.79 Å². The zero-order valence-corrected chi connectivity index (χ0v) is 6.85. The number of hydrogen-bond acceptors (Lipinski definition) is 2. The molecule has 0 heterocycles. The van der Waals surface area contributed by atoms with Crippen molar-refractivity contribution in [3.05, 3.63) is 0 Å². The number of carbonyl (C=O) groups is 1. The Labute approximate surface area is 62.0 Å². The van der Waals surface area contributed by atoms with E-state index >= 15 is 0 Å². The molecule has 3 nitrogen and oxygen atoms in total. The molecule has 60 valence electrons. The maximum absolute atomic E-state index is 10.9. The second-order valence-corrected chi connectivity index (χ2v) is 2.61. The van der Waals surface area contributed by atoms with Crippen LogP contribution >= 0.6 is 0 Å². The highest BCUT2D eigenvalue weighted by Crippen LogP contribution is 1.87. The van der Waals surface area contributed by atoms with Gasteiger partial charge in [0.05, 0.1) is 6.04 Å². The van der Waals surface area contributed by atoms with Crippen LogP contribution < -0.4 is 11.1 Å². The van der Waals surface area contributed by atoms with Crippen molar-refractivity contribution in [1.29, 1.82) is 0 Å². The number of nitrogens with one attached hydrogen (secondary N) is 1. The molecule has 2 unspecified atom stereocenters. The first kappa shape index (κ1) is 9.43. The van der Waals surface area contributed by atoms with E-state index in [4.69, 9.17) is 5.73 Å². The van der Waals surface area contributed by atoms with Crippen molar-refractivity contribution in [2.45, 2.75) is 39.3 Å². The molecular weight excluding hydrogens is 128 g/mol. The lowest BCUT2D eigenvalue weighted by molar-refractivity contribution is -0.122. The fraction of sp³-hybridized carbons (Fsp3) is 0.857. The van der Waals surface area contributed by atoms with Crippen LogP contribution in [0.4, 0.5) is 0 Å². The van der Waals surface area contributed by atoms with E-state index < -0.39 is 6.04 Å². The van der Waals surface area contributed by atoms with E-state index in [0.717, 1.165) is 6.42 Å². The van der Waals surface area contributed by atoms with Crippen molar-refractivity contribution >= 4 is 5.91 Å². The summed E-state index contributed by atoms with van der Waals surface area (Å²) < 4.78 is 0. The van der Waals surface area contributed by atoms with Crippen LogP contribution in [0.2, 0.25) is 0 Å². The Bertz CT molecular complexity index is 112. The molecule has 0 bridgehead atoms. The molecule has 0 aliphatic heterocycles. The lowest BCUT2D eigenvalue weighted by atomic mass is 10.2. The molecule has 0 saturated carbocycles. The van der Waals surface area contributed by atoms with Crippen LogP contribution in [0.1, 0.15) is 27.2 Å². The Morgan fingerprint density at radius 1 is 1.60 bits per heavy atom. The number of rotatable bonds is 3. The molecule has 0 radical (unpaired) electrons. The van der Waals surface area contributed by atoms with E-state index in [0.29, 0.717) is 0 Å². The van der Waals surface area contributed by atoms with Gasteiger partial charge < -0.3 is 11.1 Å². The largest absolute Gasteiger partial charge is 0.352 e. The van der Waals surface area contributed by atoms with Crippen molar-refractivity contribution < 1.29 is 4.79 Å². The summed E-state index contributed by atoms with van der Waals surface area (Å²) in [5.41, 5.74) is 5.33. The zero-order chi connectivity index (χ0) is 8.15. The maximum atomic E-state index is 10.9. The first-order valence-electron chi connectivity index (χ1n) is 3.63. The molecular formula is C7H16N2O. The molecule has 2 atom stereocenters. The van der Waals surface area contributed by atoms with E-state index in [2.05, 4.69) is 5.32 Å². The molecule has 0 aliphatic rings. The van der Waals surface area contributed by atoms with Crippen LogP contribution in [0.15, 0.2) is 0 Å². The lowest BCUT2D eigenvalue weighted by Crippen LogP contribution is -2.42. The van der Waals surface area contributed by atoms with Gasteiger partial charge in [-0.15, -0.1) is 0 Å². The van der Waals surface area contributed by atoms with E-state index in [9.17, 15) is 4.79 Å². The SMILES string of the molecule is CCC(C)NC(=O)C(C)N. The van der Waals surface area contributed by atoms with Crippen LogP contribution in [0.3, 0.4) is 0 Å². The van der Waals surface area contributed by atoms with Gasteiger partial charge in [0, 0.05) is 6.04 Å². The fourth-order valence-corrected chi connectivity index (χ4v) is 0.476. The Morgan fingerprint density at radius 3 is 2.40 bits per heavy atom. The van der Waals surface area contributed by atoms with Gasteiger partial charge in [-0.05, 0) is 20.3 Å². The third-order valence-electron chi connectivity index (χ3n) is 1.41. The molecule has 0 spiro atoms. The topological polar surface area (TPSA) is 55.1 Å². The average molecular weight is 144 g/mol. The molecule has 0 saturated heterocycles. The summed E-state index contributed by atoms with van der Waals surface area (Å²) in [6.45, 7) is 5.66. The summed E-state index contributed by atoms with van der Waals surface area (Å²) in [6.07, 6.45) is 0.943. The minimum atomic E-state index is -0.394. The second-order valence-electron chi connectivity index (χ2n) is 2.61. The van der Waals surface area contributed by atoms with Crippen molar-refractivity contribution in [3.63, 3.8) is 0 Å². The van der Waals surface area contributed by atoms with Gasteiger partial charge in [0.15, 0.2) is 0 Å². The van der Waals surface area contributed by atoms with Crippen molar-refractivity contribution in [2.75, 3.05) is 0 Å². The minimum Gasteiger partial charge on any atom is -0.352 e. The van der Waals surface area contributed by atoms with Gasteiger partial charge in [0.1, 0.15) is 0 Å². The molecule has 0 aromatic carbocycles. The second kappa shape index (κ2) is 4.28. The molecule has 0 aromatic heterocycles. The van der Waals surface area contributed by atoms with Gasteiger partial charge in [-0.2, -0.15) is 0 Å². The predicted molar refractivity (Wildman–Crippen MR) is 41.5 cm³/mol. The van der Waals surface area contributed by atoms with Gasteiger partial charge in [-0.25, -0.2) is 0 Å². The molecule has 10 heavy (non-hydrogen) atoms. The summed E-state index contributed by atoms with van der Waals surface area (Å²) in [4.78, 5) is 10.9. The Hall–Kier alpha value is -0.570. The van der Waals surface area contributed by atoms with E-state index in [1.165, 1.54) is 0 Å². The molecule has 1 amide bonds. The molecule has 0 aliphatic carbocycles. The fourth-order valence-electron chi connectivity index (χ4n) is 0.476. The van der Waals surface area contributed by atoms with Crippen molar-refractivity contribution in [3.8, 4) is 0 Å². The maximum Gasteiger partial charge on any atom is 0.236 e. The lowest BCUT2D eigenvalue weighted by Gasteiger charge is -2.12. The molecule has 0 rings (SSSR count). The number of amides is 1. The molecule has 0 aromatic rings. The third-order valence-corrected chi connectivity index (χ3v) is 1.41. The van der Waals surface area contributed by atoms with Gasteiger partial charge in [0.25, 0.3) is 0 Å². The first-order chi connectivity index (χ1) is 4.57. The smallest absolute Gasteiger partial charge is 0.236 e. The predicted octanol–water partition coefficient (Wildman–Crippen LogP) is 0.248. The highest BCUT2D eigenvalue weighted by Gasteiger charge is 2.08. The zero-order valence-electron chi connectivity index (χ0n) is 6.85. The van der Waals surface area contributed by atoms with E-state index in [-0.39, 0.29) is 11.9 Å². The number of nitrogens with two attached hydrogens (primary N) is 1. The van der Waals surface area contributed by atoms with E-state index in [1.807, 2.05) is 13.8 Å². The van der Waals surface area contributed by atoms with Crippen molar-refractivity contribution in [1.82, 2.24) is 5.32 Å². The summed E-state index contributed by atoms with van der Waals surface area (Å²) in [7, 11) is 0. The quantitative estimate of drug-likeness (QED) is 0.596. The van der Waals surface area contributed by atoms with Gasteiger partial charge in [0.2, 0.25) is 5.91 Å². The summed E-state index contributed by atoms with van der Waals surface area (Å²) in [5.74, 6) is -0.0747. The van der Waals surface area contributed by atoms with Crippen LogP contribution in [-0.4, -0.2) is 18.0 Å². The Kier molecular flexibility index (Phi) is 4.03. The summed E-state index contributed by atoms with van der Waals surface area (Å²) in [6, 6.07) is -0.160. The summed E-state index contributed by atoms with van der Waals surface area (Å²) >= 11 is 0. The average Bonchev–Trinajstić information content (AvgIpc) is 1.87. The van der Waals surface area contributed by atoms with Gasteiger partial charge in [-0.3, -0.25) is 4.79 Å². The monoisotopic (exact) mass is 144 g/mol. The Morgan fingerprint density at radius 2 is 2.10 bits per heavy atom. The van der Waals surface area contributed by atoms with E-state index in [1.54, 1.807) is 6.92 Å². The standard InChI is InChI=1S/C7H16N2O/c1-4-5(2)9-7(10)6(3)8/h5-6H,4,8H2,1-3H3,(H,9,10). The highest BCUT2D eigenvalue weighted by molar-refractivity contribution is 5.81. The number of hydrogen-bond donors (Lipinski definition) is 2. The molecule has 0 fully saturated rings. The van der Waals surface area contributed by atoms with Crippen LogP contribution in [0.25, 0.3) is 0 Å². The van der Waals surface area contributed by atoms with Crippen molar-refractivity contribution in [2.24, 2.45) is 5.73 Å². The minimum absolute atomic E-state index is 0.0747. The molecule has 3 heteroatoms. The van der Waals surface area contributed by atoms with Crippen LogP contribution in [0, 0.1) is 0 Å². The Balaban J connectivity index is 3.57.